The van der Waals surface area contributed by atoms with Crippen LogP contribution in [-0.4, -0.2) is 74.2 Å². The molecule has 1 aromatic carbocycles. The van der Waals surface area contributed by atoms with Gasteiger partial charge in [-0.3, -0.25) is 9.59 Å². The third-order valence-electron chi connectivity index (χ3n) is 7.23. The number of nitrogens with zero attached hydrogens (tertiary/aromatic N) is 2. The van der Waals surface area contributed by atoms with Gasteiger partial charge in [-0.15, -0.1) is 0 Å². The van der Waals surface area contributed by atoms with Gasteiger partial charge in [0, 0.05) is 30.8 Å². The summed E-state index contributed by atoms with van der Waals surface area (Å²) in [7, 11) is 3.24. The summed E-state index contributed by atoms with van der Waals surface area (Å²) in [5.41, 5.74) is -0.452. The number of piperidine rings is 1. The average Bonchev–Trinajstić information content (AvgIpc) is 2.97. The lowest BCUT2D eigenvalue weighted by molar-refractivity contribution is -0.146. The molecule has 3 rings (SSSR count). The van der Waals surface area contributed by atoms with Gasteiger partial charge in [-0.2, -0.15) is 13.2 Å². The number of nitrogens with one attached hydrogen (secondary N) is 2. The van der Waals surface area contributed by atoms with Crippen LogP contribution in [-0.2, 0) is 20.4 Å². The second kappa shape index (κ2) is 16.8. The van der Waals surface area contributed by atoms with Crippen molar-refractivity contribution in [1.29, 1.82) is 0 Å². The standard InChI is InChI=1S/C16H14ClF3N2O2.C16H30N2O4/c1-9(22-13-4-3-10(8-23)5-12(13)17)11-6-15(16(18,19)20)21-7-14(11)24-2;1-6-21-13(19)11-16(12-17-5)7-9-18(10-8-16)14(20)22-15(2,3)4/h3-9,22H,1-2H3;17H,6-12H2,1-5H3/t9-;/m0./s1. The molecule has 10 nitrogen and oxygen atoms in total. The molecule has 1 saturated heterocycles. The molecular formula is C32H44ClF3N4O6. The van der Waals surface area contributed by atoms with Crippen LogP contribution in [0.5, 0.6) is 5.75 Å². The van der Waals surface area contributed by atoms with Gasteiger partial charge in [0.15, 0.2) is 0 Å². The summed E-state index contributed by atoms with van der Waals surface area (Å²) in [5.74, 6) is 0.0621. The Morgan fingerprint density at radius 1 is 1.17 bits per heavy atom. The van der Waals surface area contributed by atoms with Crippen molar-refractivity contribution in [1.82, 2.24) is 15.2 Å². The number of aromatic nitrogens is 1. The van der Waals surface area contributed by atoms with Crippen molar-refractivity contribution in [3.63, 3.8) is 0 Å². The molecule has 2 N–H and O–H groups in total. The summed E-state index contributed by atoms with van der Waals surface area (Å²) >= 11 is 6.07. The Hall–Kier alpha value is -3.58. The highest BCUT2D eigenvalue weighted by atomic mass is 35.5. The zero-order valence-electron chi connectivity index (χ0n) is 27.3. The van der Waals surface area contributed by atoms with Gasteiger partial charge in [0.25, 0.3) is 0 Å². The van der Waals surface area contributed by atoms with Gasteiger partial charge in [0.2, 0.25) is 0 Å². The summed E-state index contributed by atoms with van der Waals surface area (Å²) < 4.78 is 54.2. The SMILES string of the molecule is CCOC(=O)CC1(CNC)CCN(C(=O)OC(C)(C)C)CC1.COc1cnc(C(F)(F)F)cc1[C@H](C)Nc1ccc(C=O)cc1Cl. The van der Waals surface area contributed by atoms with E-state index in [-0.39, 0.29) is 33.8 Å². The highest BCUT2D eigenvalue weighted by Gasteiger charge is 2.39. The van der Waals surface area contributed by atoms with Gasteiger partial charge in [-0.25, -0.2) is 9.78 Å². The van der Waals surface area contributed by atoms with Gasteiger partial charge < -0.3 is 29.7 Å². The van der Waals surface area contributed by atoms with Crippen LogP contribution in [0.4, 0.5) is 23.7 Å². The Morgan fingerprint density at radius 3 is 2.33 bits per heavy atom. The zero-order valence-corrected chi connectivity index (χ0v) is 28.1. The summed E-state index contributed by atoms with van der Waals surface area (Å²) in [5, 5.41) is 6.46. The maximum atomic E-state index is 12.9. The number of esters is 1. The Bertz CT molecular complexity index is 1330. The van der Waals surface area contributed by atoms with Crippen molar-refractivity contribution in [3.8, 4) is 5.75 Å². The molecule has 2 heterocycles. The number of alkyl halides is 3. The number of hydrogen-bond acceptors (Lipinski definition) is 9. The fraction of sp³-hybridized carbons (Fsp3) is 0.562. The first kappa shape index (κ1) is 38.6. The molecule has 1 atom stereocenters. The van der Waals surface area contributed by atoms with Crippen LogP contribution < -0.4 is 15.4 Å². The Balaban J connectivity index is 0.000000322. The maximum absolute atomic E-state index is 12.9. The lowest BCUT2D eigenvalue weighted by Crippen LogP contribution is -2.48. The van der Waals surface area contributed by atoms with E-state index in [4.69, 9.17) is 25.8 Å². The number of rotatable bonds is 10. The van der Waals surface area contributed by atoms with E-state index >= 15 is 0 Å². The molecule has 0 saturated carbocycles. The summed E-state index contributed by atoms with van der Waals surface area (Å²) in [4.78, 5) is 39.8. The van der Waals surface area contributed by atoms with Gasteiger partial charge in [0.05, 0.1) is 43.1 Å². The second-order valence-corrected chi connectivity index (χ2v) is 12.4. The van der Waals surface area contributed by atoms with Crippen molar-refractivity contribution < 1.29 is 41.8 Å². The lowest BCUT2D eigenvalue weighted by Gasteiger charge is -2.41. The fourth-order valence-corrected chi connectivity index (χ4v) is 5.20. The van der Waals surface area contributed by atoms with Crippen LogP contribution in [0.25, 0.3) is 0 Å². The topological polar surface area (TPSA) is 119 Å². The van der Waals surface area contributed by atoms with Crippen LogP contribution in [0.2, 0.25) is 5.02 Å². The van der Waals surface area contributed by atoms with Crippen molar-refractivity contribution in [2.75, 3.05) is 45.7 Å². The van der Waals surface area contributed by atoms with Crippen LogP contribution in [0.1, 0.15) is 81.5 Å². The molecule has 2 aromatic rings. The molecule has 1 aliphatic rings. The van der Waals surface area contributed by atoms with E-state index in [1.165, 1.54) is 13.2 Å². The van der Waals surface area contributed by atoms with E-state index in [0.717, 1.165) is 31.6 Å². The van der Waals surface area contributed by atoms with E-state index in [2.05, 4.69) is 15.6 Å². The van der Waals surface area contributed by atoms with E-state index in [9.17, 15) is 27.6 Å². The molecule has 1 fully saturated rings. The number of ether oxygens (including phenoxy) is 3. The second-order valence-electron chi connectivity index (χ2n) is 12.0. The van der Waals surface area contributed by atoms with Gasteiger partial charge in [-0.05, 0) is 84.2 Å². The highest BCUT2D eigenvalue weighted by molar-refractivity contribution is 6.33. The molecular weight excluding hydrogens is 629 g/mol. The van der Waals surface area contributed by atoms with Crippen molar-refractivity contribution in [2.45, 2.75) is 71.7 Å². The number of aldehydes is 1. The molecule has 256 valence electrons. The summed E-state index contributed by atoms with van der Waals surface area (Å²) in [6.45, 7) is 11.4. The Morgan fingerprint density at radius 2 is 1.83 bits per heavy atom. The average molecular weight is 673 g/mol. The normalized spacial score (nSPS) is 15.2. The molecule has 0 spiro atoms. The first-order chi connectivity index (χ1) is 21.5. The van der Waals surface area contributed by atoms with Crippen molar-refractivity contribution >= 4 is 35.6 Å². The molecule has 0 bridgehead atoms. The molecule has 0 unspecified atom stereocenters. The largest absolute Gasteiger partial charge is 0.495 e. The fourth-order valence-electron chi connectivity index (χ4n) is 4.95. The quantitative estimate of drug-likeness (QED) is 0.205. The predicted molar refractivity (Wildman–Crippen MR) is 169 cm³/mol. The van der Waals surface area contributed by atoms with Crippen molar-refractivity contribution in [2.24, 2.45) is 5.41 Å². The van der Waals surface area contributed by atoms with E-state index in [1.54, 1.807) is 24.0 Å². The number of hydrogen-bond donors (Lipinski definition) is 2. The summed E-state index contributed by atoms with van der Waals surface area (Å²) in [6, 6.07) is 5.00. The Labute approximate surface area is 273 Å². The third-order valence-corrected chi connectivity index (χ3v) is 7.54. The van der Waals surface area contributed by atoms with Gasteiger partial charge in [0.1, 0.15) is 23.3 Å². The number of amides is 1. The highest BCUT2D eigenvalue weighted by Crippen LogP contribution is 2.36. The van der Waals surface area contributed by atoms with Gasteiger partial charge >= 0.3 is 18.2 Å². The predicted octanol–water partition coefficient (Wildman–Crippen LogP) is 6.92. The van der Waals surface area contributed by atoms with Gasteiger partial charge in [-0.1, -0.05) is 11.6 Å². The molecule has 1 aromatic heterocycles. The number of methoxy groups -OCH3 is 1. The molecule has 0 aliphatic carbocycles. The van der Waals surface area contributed by atoms with Crippen LogP contribution in [0, 0.1) is 5.41 Å². The monoisotopic (exact) mass is 672 g/mol. The van der Waals surface area contributed by atoms with E-state index in [1.807, 2.05) is 34.7 Å². The maximum Gasteiger partial charge on any atom is 0.433 e. The van der Waals surface area contributed by atoms with Crippen LogP contribution in [0.15, 0.2) is 30.5 Å². The lowest BCUT2D eigenvalue weighted by atomic mass is 9.75. The van der Waals surface area contributed by atoms with Crippen molar-refractivity contribution in [3.05, 3.63) is 52.3 Å². The number of benzene rings is 1. The minimum Gasteiger partial charge on any atom is -0.495 e. The number of carbonyl (C=O) groups is 3. The summed E-state index contributed by atoms with van der Waals surface area (Å²) in [6.07, 6.45) is -1.21. The molecule has 0 radical (unpaired) electrons. The number of carbonyl (C=O) groups excluding carboxylic acids is 3. The minimum atomic E-state index is -4.55. The minimum absolute atomic E-state index is 0.139. The first-order valence-corrected chi connectivity index (χ1v) is 15.3. The zero-order chi connectivity index (χ0) is 34.7. The van der Waals surface area contributed by atoms with E-state index < -0.39 is 23.5 Å². The number of anilines is 1. The Kier molecular flexibility index (Phi) is 14.1. The number of halogens is 4. The first-order valence-electron chi connectivity index (χ1n) is 14.9. The molecule has 46 heavy (non-hydrogen) atoms. The van der Waals surface area contributed by atoms with Crippen LogP contribution in [0.3, 0.4) is 0 Å². The number of pyridine rings is 1. The van der Waals surface area contributed by atoms with Crippen LogP contribution >= 0.6 is 11.6 Å². The molecule has 1 aliphatic heterocycles. The molecule has 14 heteroatoms. The smallest absolute Gasteiger partial charge is 0.433 e. The van der Waals surface area contributed by atoms with E-state index in [0.29, 0.717) is 43.7 Å². The molecule has 1 amide bonds. The third kappa shape index (κ3) is 11.7. The number of likely N-dealkylation sites (tertiary alicyclic amines) is 1.